The van der Waals surface area contributed by atoms with Gasteiger partial charge in [-0.05, 0) is 18.5 Å². The fourth-order valence-electron chi connectivity index (χ4n) is 2.99. The summed E-state index contributed by atoms with van der Waals surface area (Å²) in [6.07, 6.45) is 2.84. The second-order valence-corrected chi connectivity index (χ2v) is 6.34. The van der Waals surface area contributed by atoms with Gasteiger partial charge in [0, 0.05) is 30.6 Å². The minimum atomic E-state index is 0.996. The number of nitrogens with zero attached hydrogens (tertiary/aromatic N) is 3. The summed E-state index contributed by atoms with van der Waals surface area (Å²) in [7, 11) is 0. The first-order valence-electron chi connectivity index (χ1n) is 7.67. The van der Waals surface area contributed by atoms with Crippen LogP contribution in [0.4, 0.5) is 5.82 Å². The van der Waals surface area contributed by atoms with Gasteiger partial charge in [-0.1, -0.05) is 30.3 Å². The van der Waals surface area contributed by atoms with E-state index in [1.54, 1.807) is 17.7 Å². The van der Waals surface area contributed by atoms with E-state index < -0.39 is 0 Å². The van der Waals surface area contributed by atoms with E-state index in [1.807, 2.05) is 0 Å². The van der Waals surface area contributed by atoms with E-state index in [-0.39, 0.29) is 0 Å². The number of rotatable bonds is 2. The van der Waals surface area contributed by atoms with Crippen molar-refractivity contribution in [3.05, 3.63) is 42.0 Å². The molecule has 1 aromatic carbocycles. The molecule has 1 fully saturated rings. The smallest absolute Gasteiger partial charge is 0.141 e. The quantitative estimate of drug-likeness (QED) is 0.789. The number of hydrogen-bond donors (Lipinski definition) is 1. The molecule has 22 heavy (non-hydrogen) atoms. The van der Waals surface area contributed by atoms with Crippen molar-refractivity contribution in [3.8, 4) is 11.1 Å². The van der Waals surface area contributed by atoms with E-state index in [0.29, 0.717) is 0 Å². The van der Waals surface area contributed by atoms with E-state index >= 15 is 0 Å². The highest BCUT2D eigenvalue weighted by atomic mass is 32.1. The third-order valence-electron chi connectivity index (χ3n) is 4.07. The molecule has 0 saturated carbocycles. The van der Waals surface area contributed by atoms with Gasteiger partial charge >= 0.3 is 0 Å². The Balaban J connectivity index is 1.86. The average molecular weight is 310 g/mol. The molecule has 3 aromatic rings. The first kappa shape index (κ1) is 13.7. The lowest BCUT2D eigenvalue weighted by molar-refractivity contribution is 0.724. The van der Waals surface area contributed by atoms with Gasteiger partial charge in [-0.25, -0.2) is 9.97 Å². The Bertz CT molecular complexity index is 761. The van der Waals surface area contributed by atoms with Crippen molar-refractivity contribution in [1.29, 1.82) is 0 Å². The van der Waals surface area contributed by atoms with Gasteiger partial charge in [0.1, 0.15) is 17.0 Å². The van der Waals surface area contributed by atoms with E-state index in [4.69, 9.17) is 0 Å². The molecular weight excluding hydrogens is 292 g/mol. The fourth-order valence-corrected chi connectivity index (χ4v) is 3.90. The summed E-state index contributed by atoms with van der Waals surface area (Å²) in [5.74, 6) is 1.08. The molecule has 3 heterocycles. The molecule has 1 aliphatic rings. The van der Waals surface area contributed by atoms with Crippen LogP contribution >= 0.6 is 11.3 Å². The molecular formula is C17H18N4S. The highest BCUT2D eigenvalue weighted by Crippen LogP contribution is 2.37. The van der Waals surface area contributed by atoms with Crippen LogP contribution in [0.15, 0.2) is 42.0 Å². The summed E-state index contributed by atoms with van der Waals surface area (Å²) < 4.78 is 0. The molecule has 0 aliphatic carbocycles. The highest BCUT2D eigenvalue weighted by Gasteiger charge is 2.18. The zero-order chi connectivity index (χ0) is 14.8. The minimum absolute atomic E-state index is 0.996. The van der Waals surface area contributed by atoms with E-state index in [0.717, 1.165) is 43.2 Å². The molecule has 1 N–H and O–H groups in total. The van der Waals surface area contributed by atoms with Crippen molar-refractivity contribution in [2.45, 2.75) is 6.42 Å². The SMILES string of the molecule is c1ccc(-c2csc3ncnc(N4CCCNCC4)c23)cc1. The largest absolute Gasteiger partial charge is 0.355 e. The first-order chi connectivity index (χ1) is 10.9. The number of anilines is 1. The summed E-state index contributed by atoms with van der Waals surface area (Å²) in [4.78, 5) is 12.6. The maximum atomic E-state index is 4.62. The molecule has 0 spiro atoms. The Morgan fingerprint density at radius 2 is 1.95 bits per heavy atom. The molecule has 0 bridgehead atoms. The Kier molecular flexibility index (Phi) is 3.74. The standard InChI is InChI=1S/C17H18N4S/c1-2-5-13(6-3-1)14-11-22-17-15(14)16(19-12-20-17)21-9-4-7-18-8-10-21/h1-3,5-6,11-12,18H,4,7-10H2. The van der Waals surface area contributed by atoms with Gasteiger partial charge < -0.3 is 10.2 Å². The van der Waals surface area contributed by atoms with Gasteiger partial charge in [-0.2, -0.15) is 0 Å². The van der Waals surface area contributed by atoms with Gasteiger partial charge in [0.05, 0.1) is 5.39 Å². The Hall–Kier alpha value is -1.98. The minimum Gasteiger partial charge on any atom is -0.355 e. The summed E-state index contributed by atoms with van der Waals surface area (Å²) in [6, 6.07) is 10.5. The van der Waals surface area contributed by atoms with E-state index in [9.17, 15) is 0 Å². The van der Waals surface area contributed by atoms with Crippen LogP contribution in [0.1, 0.15) is 6.42 Å². The molecule has 0 radical (unpaired) electrons. The maximum Gasteiger partial charge on any atom is 0.141 e. The van der Waals surface area contributed by atoms with E-state index in [2.05, 4.69) is 55.9 Å². The van der Waals surface area contributed by atoms with Crippen molar-refractivity contribution in [1.82, 2.24) is 15.3 Å². The lowest BCUT2D eigenvalue weighted by Crippen LogP contribution is -2.28. The average Bonchev–Trinajstić information content (AvgIpc) is 2.82. The topological polar surface area (TPSA) is 41.1 Å². The van der Waals surface area contributed by atoms with Crippen molar-refractivity contribution < 1.29 is 0 Å². The second-order valence-electron chi connectivity index (χ2n) is 5.48. The van der Waals surface area contributed by atoms with Crippen LogP contribution < -0.4 is 10.2 Å². The molecule has 112 valence electrons. The van der Waals surface area contributed by atoms with Crippen molar-refractivity contribution in [2.75, 3.05) is 31.1 Å². The van der Waals surface area contributed by atoms with Gasteiger partial charge in [-0.15, -0.1) is 11.3 Å². The molecule has 0 atom stereocenters. The van der Waals surface area contributed by atoms with Crippen LogP contribution in [0, 0.1) is 0 Å². The number of aromatic nitrogens is 2. The van der Waals surface area contributed by atoms with Crippen LogP contribution in [-0.4, -0.2) is 36.1 Å². The number of fused-ring (bicyclic) bond motifs is 1. The van der Waals surface area contributed by atoms with Gasteiger partial charge in [0.2, 0.25) is 0 Å². The predicted molar refractivity (Wildman–Crippen MR) is 92.6 cm³/mol. The maximum absolute atomic E-state index is 4.62. The van der Waals surface area contributed by atoms with Crippen LogP contribution in [0.2, 0.25) is 0 Å². The molecule has 4 rings (SSSR count). The molecule has 5 heteroatoms. The van der Waals surface area contributed by atoms with Gasteiger partial charge in [0.15, 0.2) is 0 Å². The van der Waals surface area contributed by atoms with Gasteiger partial charge in [-0.3, -0.25) is 0 Å². The Morgan fingerprint density at radius 1 is 1.05 bits per heavy atom. The van der Waals surface area contributed by atoms with Crippen LogP contribution in [-0.2, 0) is 0 Å². The zero-order valence-corrected chi connectivity index (χ0v) is 13.1. The summed E-state index contributed by atoms with van der Waals surface area (Å²) in [5, 5.41) is 6.85. The normalized spacial score (nSPS) is 15.9. The van der Waals surface area contributed by atoms with Crippen molar-refractivity contribution >= 4 is 27.4 Å². The zero-order valence-electron chi connectivity index (χ0n) is 12.3. The molecule has 1 aliphatic heterocycles. The fraction of sp³-hybridized carbons (Fsp3) is 0.294. The monoisotopic (exact) mass is 310 g/mol. The lowest BCUT2D eigenvalue weighted by Gasteiger charge is -2.22. The summed E-state index contributed by atoms with van der Waals surface area (Å²) >= 11 is 1.70. The summed E-state index contributed by atoms with van der Waals surface area (Å²) in [6.45, 7) is 4.13. The van der Waals surface area contributed by atoms with Crippen LogP contribution in [0.5, 0.6) is 0 Å². The molecule has 0 amide bonds. The van der Waals surface area contributed by atoms with Crippen LogP contribution in [0.3, 0.4) is 0 Å². The third-order valence-corrected chi connectivity index (χ3v) is 4.96. The number of nitrogens with one attached hydrogen (secondary N) is 1. The Labute approximate surface area is 133 Å². The summed E-state index contributed by atoms with van der Waals surface area (Å²) in [5.41, 5.74) is 2.48. The number of thiophene rings is 1. The molecule has 4 nitrogen and oxygen atoms in total. The Morgan fingerprint density at radius 3 is 2.86 bits per heavy atom. The molecule has 2 aromatic heterocycles. The predicted octanol–water partition coefficient (Wildman–Crippen LogP) is 3.16. The first-order valence-corrected chi connectivity index (χ1v) is 8.55. The van der Waals surface area contributed by atoms with Gasteiger partial charge in [0.25, 0.3) is 0 Å². The second kappa shape index (κ2) is 6.02. The third kappa shape index (κ3) is 2.46. The number of benzene rings is 1. The number of hydrogen-bond acceptors (Lipinski definition) is 5. The molecule has 1 saturated heterocycles. The lowest BCUT2D eigenvalue weighted by atomic mass is 10.1. The van der Waals surface area contributed by atoms with E-state index in [1.165, 1.54) is 16.5 Å². The highest BCUT2D eigenvalue weighted by molar-refractivity contribution is 7.17. The van der Waals surface area contributed by atoms with Crippen LogP contribution in [0.25, 0.3) is 21.3 Å². The van der Waals surface area contributed by atoms with Crippen molar-refractivity contribution in [2.24, 2.45) is 0 Å². The van der Waals surface area contributed by atoms with Crippen molar-refractivity contribution in [3.63, 3.8) is 0 Å². The molecule has 0 unspecified atom stereocenters.